The molecule has 0 aromatic heterocycles. The van der Waals surface area contributed by atoms with Crippen molar-refractivity contribution in [3.05, 3.63) is 0 Å². The number of piperazine rings is 1. The quantitative estimate of drug-likeness (QED) is 0.722. The van der Waals surface area contributed by atoms with E-state index in [-0.39, 0.29) is 6.10 Å². The molecule has 2 fully saturated rings. The summed E-state index contributed by atoms with van der Waals surface area (Å²) in [6.07, 6.45) is 5.94. The van der Waals surface area contributed by atoms with Gasteiger partial charge in [0.1, 0.15) is 0 Å². The van der Waals surface area contributed by atoms with Gasteiger partial charge in [-0.3, -0.25) is 9.80 Å². The summed E-state index contributed by atoms with van der Waals surface area (Å²) in [5.41, 5.74) is 0. The van der Waals surface area contributed by atoms with Gasteiger partial charge in [-0.1, -0.05) is 19.8 Å². The van der Waals surface area contributed by atoms with Crippen molar-refractivity contribution in [2.45, 2.75) is 64.1 Å². The molecule has 2 aliphatic rings. The fraction of sp³-hybridized carbons (Fsp3) is 1.00. The molecule has 20 heavy (non-hydrogen) atoms. The van der Waals surface area contributed by atoms with Crippen LogP contribution in [0, 0.1) is 0 Å². The van der Waals surface area contributed by atoms with Crippen LogP contribution in [0.2, 0.25) is 0 Å². The SMILES string of the molecule is CCCCOCC(O)CN1CC2CCCCN2CC1C. The average molecular weight is 284 g/mol. The van der Waals surface area contributed by atoms with Crippen LogP contribution in [-0.2, 0) is 4.74 Å². The Morgan fingerprint density at radius 1 is 1.30 bits per heavy atom. The van der Waals surface area contributed by atoms with E-state index < -0.39 is 0 Å². The van der Waals surface area contributed by atoms with Gasteiger partial charge in [0.05, 0.1) is 12.7 Å². The highest BCUT2D eigenvalue weighted by molar-refractivity contribution is 4.89. The maximum atomic E-state index is 10.1. The number of hydrogen-bond acceptors (Lipinski definition) is 4. The summed E-state index contributed by atoms with van der Waals surface area (Å²) in [4.78, 5) is 5.11. The molecular formula is C16H32N2O2. The molecule has 0 spiro atoms. The van der Waals surface area contributed by atoms with E-state index in [2.05, 4.69) is 23.6 Å². The highest BCUT2D eigenvalue weighted by atomic mass is 16.5. The van der Waals surface area contributed by atoms with Gasteiger partial charge in [-0.15, -0.1) is 0 Å². The lowest BCUT2D eigenvalue weighted by Crippen LogP contribution is -2.59. The Kier molecular flexibility index (Phi) is 6.75. The van der Waals surface area contributed by atoms with E-state index >= 15 is 0 Å². The van der Waals surface area contributed by atoms with Crippen LogP contribution in [-0.4, -0.2) is 72.5 Å². The lowest BCUT2D eigenvalue weighted by atomic mass is 9.97. The second-order valence-electron chi connectivity index (χ2n) is 6.53. The minimum atomic E-state index is -0.343. The Morgan fingerprint density at radius 3 is 2.95 bits per heavy atom. The van der Waals surface area contributed by atoms with Gasteiger partial charge in [-0.25, -0.2) is 0 Å². The summed E-state index contributed by atoms with van der Waals surface area (Å²) in [7, 11) is 0. The smallest absolute Gasteiger partial charge is 0.0900 e. The van der Waals surface area contributed by atoms with Crippen molar-refractivity contribution in [1.29, 1.82) is 0 Å². The maximum Gasteiger partial charge on any atom is 0.0900 e. The number of fused-ring (bicyclic) bond motifs is 1. The molecule has 0 aromatic rings. The van der Waals surface area contributed by atoms with E-state index in [0.717, 1.165) is 39.1 Å². The van der Waals surface area contributed by atoms with Gasteiger partial charge < -0.3 is 9.84 Å². The van der Waals surface area contributed by atoms with Crippen molar-refractivity contribution < 1.29 is 9.84 Å². The zero-order valence-corrected chi connectivity index (χ0v) is 13.3. The van der Waals surface area contributed by atoms with Gasteiger partial charge in [0, 0.05) is 38.3 Å². The van der Waals surface area contributed by atoms with E-state index in [4.69, 9.17) is 4.74 Å². The highest BCUT2D eigenvalue weighted by Crippen LogP contribution is 2.24. The fourth-order valence-electron chi connectivity index (χ4n) is 3.46. The van der Waals surface area contributed by atoms with Crippen LogP contribution in [0.5, 0.6) is 0 Å². The molecule has 2 rings (SSSR count). The summed E-state index contributed by atoms with van der Waals surface area (Å²) in [5, 5.41) is 10.1. The van der Waals surface area contributed by atoms with Crippen LogP contribution in [0.15, 0.2) is 0 Å². The summed E-state index contributed by atoms with van der Waals surface area (Å²) >= 11 is 0. The minimum absolute atomic E-state index is 0.343. The molecule has 0 aromatic carbocycles. The van der Waals surface area contributed by atoms with Crippen LogP contribution < -0.4 is 0 Å². The molecule has 0 radical (unpaired) electrons. The second-order valence-corrected chi connectivity index (χ2v) is 6.53. The fourth-order valence-corrected chi connectivity index (χ4v) is 3.46. The van der Waals surface area contributed by atoms with Crippen LogP contribution in [0.4, 0.5) is 0 Å². The largest absolute Gasteiger partial charge is 0.389 e. The number of β-amino-alcohol motifs (C(OH)–C–C–N with tert-alkyl or cyclic N) is 1. The third-order valence-corrected chi connectivity index (χ3v) is 4.71. The van der Waals surface area contributed by atoms with Gasteiger partial charge in [-0.2, -0.15) is 0 Å². The Labute approximate surface area is 124 Å². The Hall–Kier alpha value is -0.160. The zero-order valence-electron chi connectivity index (χ0n) is 13.3. The molecule has 4 nitrogen and oxygen atoms in total. The molecule has 2 saturated heterocycles. The Morgan fingerprint density at radius 2 is 2.15 bits per heavy atom. The number of ether oxygens (including phenoxy) is 1. The van der Waals surface area contributed by atoms with Crippen molar-refractivity contribution in [1.82, 2.24) is 9.80 Å². The van der Waals surface area contributed by atoms with Crippen molar-refractivity contribution in [3.63, 3.8) is 0 Å². The monoisotopic (exact) mass is 284 g/mol. The third kappa shape index (κ3) is 4.69. The number of aliphatic hydroxyl groups is 1. The minimum Gasteiger partial charge on any atom is -0.389 e. The highest BCUT2D eigenvalue weighted by Gasteiger charge is 2.33. The predicted molar refractivity (Wildman–Crippen MR) is 82.0 cm³/mol. The standard InChI is InChI=1S/C16H32N2O2/c1-3-4-9-20-13-16(19)12-18-11-15-7-5-6-8-17(15)10-14(18)2/h14-16,19H,3-13H2,1-2H3. The third-order valence-electron chi connectivity index (χ3n) is 4.71. The molecule has 2 heterocycles. The number of nitrogens with zero attached hydrogens (tertiary/aromatic N) is 2. The number of piperidine rings is 1. The average Bonchev–Trinajstić information content (AvgIpc) is 2.44. The van der Waals surface area contributed by atoms with E-state index in [9.17, 15) is 5.11 Å². The molecule has 4 heteroatoms. The van der Waals surface area contributed by atoms with Crippen molar-refractivity contribution in [2.75, 3.05) is 39.4 Å². The van der Waals surface area contributed by atoms with Gasteiger partial charge in [0.2, 0.25) is 0 Å². The van der Waals surface area contributed by atoms with E-state index in [1.54, 1.807) is 0 Å². The molecule has 0 bridgehead atoms. The summed E-state index contributed by atoms with van der Waals surface area (Å²) in [5.74, 6) is 0. The van der Waals surface area contributed by atoms with E-state index in [1.807, 2.05) is 0 Å². The lowest BCUT2D eigenvalue weighted by molar-refractivity contribution is -0.0295. The first-order chi connectivity index (χ1) is 9.70. The normalized spacial score (nSPS) is 30.1. The molecule has 118 valence electrons. The summed E-state index contributed by atoms with van der Waals surface area (Å²) in [6.45, 7) is 10.0. The molecule has 1 N–H and O–H groups in total. The van der Waals surface area contributed by atoms with Crippen molar-refractivity contribution in [3.8, 4) is 0 Å². The lowest BCUT2D eigenvalue weighted by Gasteiger charge is -2.48. The van der Waals surface area contributed by atoms with E-state index in [0.29, 0.717) is 18.7 Å². The van der Waals surface area contributed by atoms with Crippen LogP contribution in [0.1, 0.15) is 46.0 Å². The first-order valence-corrected chi connectivity index (χ1v) is 8.44. The second kappa shape index (κ2) is 8.32. The maximum absolute atomic E-state index is 10.1. The topological polar surface area (TPSA) is 35.9 Å². The first kappa shape index (κ1) is 16.2. The van der Waals surface area contributed by atoms with E-state index in [1.165, 1.54) is 25.8 Å². The molecule has 2 aliphatic heterocycles. The van der Waals surface area contributed by atoms with Crippen molar-refractivity contribution >= 4 is 0 Å². The first-order valence-electron chi connectivity index (χ1n) is 8.44. The predicted octanol–water partition coefficient (Wildman–Crippen LogP) is 1.72. The van der Waals surface area contributed by atoms with Crippen LogP contribution >= 0.6 is 0 Å². The molecule has 3 unspecified atom stereocenters. The Bertz CT molecular complexity index is 275. The molecule has 3 atom stereocenters. The summed E-state index contributed by atoms with van der Waals surface area (Å²) < 4.78 is 5.53. The van der Waals surface area contributed by atoms with Crippen LogP contribution in [0.25, 0.3) is 0 Å². The molecule has 0 amide bonds. The molecule has 0 saturated carbocycles. The number of hydrogen-bond donors (Lipinski definition) is 1. The number of aliphatic hydroxyl groups excluding tert-OH is 1. The van der Waals surface area contributed by atoms with Gasteiger partial charge >= 0.3 is 0 Å². The van der Waals surface area contributed by atoms with Gasteiger partial charge in [0.15, 0.2) is 0 Å². The molecule has 0 aliphatic carbocycles. The number of rotatable bonds is 7. The Balaban J connectivity index is 1.71. The summed E-state index contributed by atoms with van der Waals surface area (Å²) in [6, 6.07) is 1.27. The van der Waals surface area contributed by atoms with Gasteiger partial charge in [0.25, 0.3) is 0 Å². The molecular weight excluding hydrogens is 252 g/mol. The van der Waals surface area contributed by atoms with Crippen LogP contribution in [0.3, 0.4) is 0 Å². The number of unbranched alkanes of at least 4 members (excludes halogenated alkanes) is 1. The zero-order chi connectivity index (χ0) is 14.4. The van der Waals surface area contributed by atoms with Gasteiger partial charge in [-0.05, 0) is 32.7 Å². The van der Waals surface area contributed by atoms with Crippen molar-refractivity contribution in [2.24, 2.45) is 0 Å².